The Morgan fingerprint density at radius 3 is 2.73 bits per heavy atom. The Kier molecular flexibility index (Phi) is 9.47. The SMILES string of the molecule is C=C(C)CCCCCC(CCC)CCN=Cc1cc(-c2c[nH]c3cc(F)ccc23)ccc1C. The van der Waals surface area contributed by atoms with Gasteiger partial charge < -0.3 is 4.98 Å². The molecule has 0 saturated carbocycles. The predicted octanol–water partition coefficient (Wildman–Crippen LogP) is 9.03. The van der Waals surface area contributed by atoms with Gasteiger partial charge in [-0.15, -0.1) is 6.58 Å². The van der Waals surface area contributed by atoms with Crippen molar-refractivity contribution in [3.05, 3.63) is 71.7 Å². The fourth-order valence-corrected chi connectivity index (χ4v) is 4.58. The number of halogens is 1. The molecular weight excluding hydrogens is 407 g/mol. The number of hydrogen-bond acceptors (Lipinski definition) is 1. The van der Waals surface area contributed by atoms with Crippen LogP contribution in [0.25, 0.3) is 22.0 Å². The predicted molar refractivity (Wildman–Crippen MR) is 142 cm³/mol. The van der Waals surface area contributed by atoms with Crippen molar-refractivity contribution in [3.63, 3.8) is 0 Å². The lowest BCUT2D eigenvalue weighted by Crippen LogP contribution is -2.03. The van der Waals surface area contributed by atoms with E-state index in [4.69, 9.17) is 4.99 Å². The minimum absolute atomic E-state index is 0.221. The number of nitrogens with zero attached hydrogens (tertiary/aromatic N) is 1. The smallest absolute Gasteiger partial charge is 0.125 e. The Morgan fingerprint density at radius 1 is 1.09 bits per heavy atom. The van der Waals surface area contributed by atoms with Gasteiger partial charge in [0, 0.05) is 35.4 Å². The summed E-state index contributed by atoms with van der Waals surface area (Å²) in [5, 5.41) is 1.04. The summed E-state index contributed by atoms with van der Waals surface area (Å²) in [7, 11) is 0. The van der Waals surface area contributed by atoms with Gasteiger partial charge in [0.1, 0.15) is 5.82 Å². The number of fused-ring (bicyclic) bond motifs is 1. The van der Waals surface area contributed by atoms with Crippen molar-refractivity contribution in [3.8, 4) is 11.1 Å². The van der Waals surface area contributed by atoms with Crippen LogP contribution in [-0.4, -0.2) is 17.7 Å². The van der Waals surface area contributed by atoms with Crippen molar-refractivity contribution >= 4 is 17.1 Å². The van der Waals surface area contributed by atoms with E-state index in [1.54, 1.807) is 6.07 Å². The number of aliphatic imine (C=N–C) groups is 1. The maximum Gasteiger partial charge on any atom is 0.125 e. The molecule has 3 rings (SSSR count). The van der Waals surface area contributed by atoms with E-state index in [-0.39, 0.29) is 5.82 Å². The van der Waals surface area contributed by atoms with Crippen LogP contribution in [0.15, 0.2) is 59.7 Å². The summed E-state index contributed by atoms with van der Waals surface area (Å²) < 4.78 is 13.5. The van der Waals surface area contributed by atoms with Crippen LogP contribution in [0.3, 0.4) is 0 Å². The van der Waals surface area contributed by atoms with Gasteiger partial charge in [-0.2, -0.15) is 0 Å². The van der Waals surface area contributed by atoms with E-state index in [2.05, 4.69) is 50.5 Å². The summed E-state index contributed by atoms with van der Waals surface area (Å²) >= 11 is 0. The third-order valence-corrected chi connectivity index (χ3v) is 6.54. The first kappa shape index (κ1) is 25.0. The highest BCUT2D eigenvalue weighted by molar-refractivity contribution is 5.96. The van der Waals surface area contributed by atoms with Gasteiger partial charge in [0.2, 0.25) is 0 Å². The van der Waals surface area contributed by atoms with Crippen LogP contribution in [-0.2, 0) is 0 Å². The lowest BCUT2D eigenvalue weighted by atomic mass is 9.93. The number of aromatic nitrogens is 1. The summed E-state index contributed by atoms with van der Waals surface area (Å²) in [6, 6.07) is 11.4. The van der Waals surface area contributed by atoms with Crippen molar-refractivity contribution in [2.75, 3.05) is 6.54 Å². The number of aromatic amines is 1. The molecule has 0 aliphatic carbocycles. The largest absolute Gasteiger partial charge is 0.360 e. The highest BCUT2D eigenvalue weighted by Gasteiger charge is 2.09. The number of rotatable bonds is 13. The number of aryl methyl sites for hydroxylation is 1. The Bertz CT molecular complexity index is 1080. The lowest BCUT2D eigenvalue weighted by Gasteiger charge is -2.14. The number of unbranched alkanes of at least 4 members (excludes halogenated alkanes) is 2. The maximum atomic E-state index is 13.5. The van der Waals surface area contributed by atoms with Crippen LogP contribution in [0, 0.1) is 18.7 Å². The fourth-order valence-electron chi connectivity index (χ4n) is 4.58. The number of benzene rings is 2. The Balaban J connectivity index is 1.59. The van der Waals surface area contributed by atoms with Gasteiger partial charge in [-0.1, -0.05) is 56.7 Å². The van der Waals surface area contributed by atoms with Gasteiger partial charge in [-0.05, 0) is 80.0 Å². The van der Waals surface area contributed by atoms with Crippen molar-refractivity contribution in [1.29, 1.82) is 0 Å². The van der Waals surface area contributed by atoms with Gasteiger partial charge in [-0.25, -0.2) is 4.39 Å². The first-order valence-corrected chi connectivity index (χ1v) is 12.5. The molecule has 1 aromatic heterocycles. The number of hydrogen-bond donors (Lipinski definition) is 1. The molecule has 2 aromatic carbocycles. The Labute approximate surface area is 199 Å². The fraction of sp³-hybridized carbons (Fsp3) is 0.433. The summed E-state index contributed by atoms with van der Waals surface area (Å²) in [5.74, 6) is 0.553. The molecular formula is C30H39FN2. The average molecular weight is 447 g/mol. The molecule has 0 amide bonds. The van der Waals surface area contributed by atoms with Crippen LogP contribution in [0.2, 0.25) is 0 Å². The van der Waals surface area contributed by atoms with E-state index in [1.807, 2.05) is 18.5 Å². The molecule has 0 bridgehead atoms. The molecule has 1 heterocycles. The molecule has 2 nitrogen and oxygen atoms in total. The normalized spacial score (nSPS) is 12.6. The highest BCUT2D eigenvalue weighted by atomic mass is 19.1. The molecule has 33 heavy (non-hydrogen) atoms. The third kappa shape index (κ3) is 7.42. The summed E-state index contributed by atoms with van der Waals surface area (Å²) in [5.41, 5.74) is 6.70. The topological polar surface area (TPSA) is 28.1 Å². The molecule has 1 atom stereocenters. The second kappa shape index (κ2) is 12.5. The zero-order valence-electron chi connectivity index (χ0n) is 20.6. The molecule has 0 saturated heterocycles. The van der Waals surface area contributed by atoms with Crippen molar-refractivity contribution < 1.29 is 4.39 Å². The molecule has 0 spiro atoms. The average Bonchev–Trinajstić information content (AvgIpc) is 3.20. The molecule has 0 fully saturated rings. The zero-order valence-corrected chi connectivity index (χ0v) is 20.6. The van der Waals surface area contributed by atoms with E-state index < -0.39 is 0 Å². The summed E-state index contributed by atoms with van der Waals surface area (Å²) in [6.45, 7) is 11.4. The molecule has 0 aliphatic heterocycles. The number of allylic oxidation sites excluding steroid dienone is 1. The van der Waals surface area contributed by atoms with E-state index in [1.165, 1.54) is 55.7 Å². The van der Waals surface area contributed by atoms with Gasteiger partial charge in [-0.3, -0.25) is 4.99 Å². The monoisotopic (exact) mass is 446 g/mol. The van der Waals surface area contributed by atoms with Crippen LogP contribution < -0.4 is 0 Å². The molecule has 1 N–H and O–H groups in total. The molecule has 176 valence electrons. The second-order valence-electron chi connectivity index (χ2n) is 9.50. The summed E-state index contributed by atoms with van der Waals surface area (Å²) in [4.78, 5) is 7.98. The number of H-pyrrole nitrogens is 1. The highest BCUT2D eigenvalue weighted by Crippen LogP contribution is 2.30. The van der Waals surface area contributed by atoms with Gasteiger partial charge in [0.05, 0.1) is 0 Å². The van der Waals surface area contributed by atoms with Crippen LogP contribution in [0.1, 0.15) is 76.3 Å². The van der Waals surface area contributed by atoms with Crippen molar-refractivity contribution in [2.45, 2.75) is 72.1 Å². The summed E-state index contributed by atoms with van der Waals surface area (Å²) in [6.07, 6.45) is 14.1. The molecule has 1 unspecified atom stereocenters. The number of nitrogens with one attached hydrogen (secondary N) is 1. The van der Waals surface area contributed by atoms with Crippen LogP contribution in [0.4, 0.5) is 4.39 Å². The molecule has 0 aliphatic rings. The van der Waals surface area contributed by atoms with Gasteiger partial charge in [0.25, 0.3) is 0 Å². The quantitative estimate of drug-likeness (QED) is 0.154. The lowest BCUT2D eigenvalue weighted by molar-refractivity contribution is 0.401. The van der Waals surface area contributed by atoms with E-state index in [0.29, 0.717) is 0 Å². The third-order valence-electron chi connectivity index (χ3n) is 6.54. The van der Waals surface area contributed by atoms with Gasteiger partial charge >= 0.3 is 0 Å². The Hall–Kier alpha value is -2.68. The molecule has 3 aromatic rings. The first-order chi connectivity index (χ1) is 16.0. The van der Waals surface area contributed by atoms with E-state index >= 15 is 0 Å². The van der Waals surface area contributed by atoms with Crippen LogP contribution in [0.5, 0.6) is 0 Å². The van der Waals surface area contributed by atoms with Crippen molar-refractivity contribution in [2.24, 2.45) is 10.9 Å². The molecule has 0 radical (unpaired) electrons. The first-order valence-electron chi connectivity index (χ1n) is 12.5. The Morgan fingerprint density at radius 2 is 1.94 bits per heavy atom. The molecule has 3 heteroatoms. The standard InChI is InChI=1S/C30H39FN2/c1-5-9-24(11-8-6-7-10-22(2)3)16-17-32-20-26-18-25(13-12-23(26)4)29-21-33-30-19-27(31)14-15-28(29)30/h12-15,18-21,24,33H,2,5-11,16-17H2,1,3-4H3. The van der Waals surface area contributed by atoms with E-state index in [9.17, 15) is 4.39 Å². The minimum Gasteiger partial charge on any atom is -0.360 e. The zero-order chi connectivity index (χ0) is 23.6. The minimum atomic E-state index is -0.221. The van der Waals surface area contributed by atoms with Crippen LogP contribution >= 0.6 is 0 Å². The second-order valence-corrected chi connectivity index (χ2v) is 9.50. The van der Waals surface area contributed by atoms with E-state index in [0.717, 1.165) is 52.9 Å². The van der Waals surface area contributed by atoms with Gasteiger partial charge in [0.15, 0.2) is 0 Å². The van der Waals surface area contributed by atoms with Crippen molar-refractivity contribution in [1.82, 2.24) is 4.98 Å². The maximum absolute atomic E-state index is 13.5.